The zero-order valence-electron chi connectivity index (χ0n) is 5.57. The molecule has 2 nitrogen and oxygen atoms in total. The molecule has 0 fully saturated rings. The van der Waals surface area contributed by atoms with E-state index in [2.05, 4.69) is 20.9 Å². The number of alkyl halides is 2. The van der Waals surface area contributed by atoms with E-state index >= 15 is 0 Å². The minimum Gasteiger partial charge on any atom is -0.328 e. The molecule has 1 heterocycles. The average molecular weight is 350 g/mol. The van der Waals surface area contributed by atoms with Gasteiger partial charge in [-0.05, 0) is 38.5 Å². The third-order valence-corrected chi connectivity index (χ3v) is 3.86. The highest BCUT2D eigenvalue weighted by atomic mass is 127. The fourth-order valence-electron chi connectivity index (χ4n) is 0.655. The summed E-state index contributed by atoms with van der Waals surface area (Å²) in [5, 5.41) is 0. The second kappa shape index (κ2) is 3.82. The van der Waals surface area contributed by atoms with Crippen molar-refractivity contribution in [2.24, 2.45) is 0 Å². The first kappa shape index (κ1) is 10.1. The number of rotatable bonds is 1. The Morgan fingerprint density at radius 2 is 2.17 bits per heavy atom. The smallest absolute Gasteiger partial charge is 0.266 e. The summed E-state index contributed by atoms with van der Waals surface area (Å²) >= 11 is 4.63. The Kier molecular flexibility index (Phi) is 3.22. The van der Waals surface area contributed by atoms with Crippen LogP contribution in [0.3, 0.4) is 0 Å². The lowest BCUT2D eigenvalue weighted by atomic mass is 10.3. The average Bonchev–Trinajstić information content (AvgIpc) is 2.00. The van der Waals surface area contributed by atoms with E-state index in [0.717, 1.165) is 6.20 Å². The summed E-state index contributed by atoms with van der Waals surface area (Å²) in [6.45, 7) is 0. The molecule has 0 saturated heterocycles. The Bertz CT molecular complexity index is 352. The SMILES string of the molecule is O=c1[nH]cc(C(F)F)c(Br)c1I. The Morgan fingerprint density at radius 1 is 1.58 bits per heavy atom. The molecule has 0 aliphatic heterocycles. The summed E-state index contributed by atoms with van der Waals surface area (Å²) in [7, 11) is 0. The van der Waals surface area contributed by atoms with E-state index in [9.17, 15) is 13.6 Å². The normalized spacial score (nSPS) is 10.8. The lowest BCUT2D eigenvalue weighted by Gasteiger charge is -2.02. The fourth-order valence-corrected chi connectivity index (χ4v) is 1.59. The number of aromatic nitrogens is 1. The van der Waals surface area contributed by atoms with Gasteiger partial charge in [0, 0.05) is 16.2 Å². The number of hydrogen-bond donors (Lipinski definition) is 1. The zero-order chi connectivity index (χ0) is 9.30. The Labute approximate surface area is 88.6 Å². The maximum absolute atomic E-state index is 12.2. The Hall–Kier alpha value is 0.0200. The monoisotopic (exact) mass is 349 g/mol. The van der Waals surface area contributed by atoms with Crippen LogP contribution in [0.5, 0.6) is 0 Å². The molecule has 0 aromatic carbocycles. The lowest BCUT2D eigenvalue weighted by Crippen LogP contribution is -2.11. The van der Waals surface area contributed by atoms with Crippen LogP contribution in [-0.2, 0) is 0 Å². The first-order chi connectivity index (χ1) is 5.54. The van der Waals surface area contributed by atoms with Crippen molar-refractivity contribution in [2.45, 2.75) is 6.43 Å². The Morgan fingerprint density at radius 3 is 2.67 bits per heavy atom. The minimum atomic E-state index is -2.58. The van der Waals surface area contributed by atoms with Crippen molar-refractivity contribution in [1.82, 2.24) is 4.98 Å². The number of nitrogens with one attached hydrogen (secondary N) is 1. The molecule has 0 aliphatic carbocycles. The maximum atomic E-state index is 12.2. The maximum Gasteiger partial charge on any atom is 0.266 e. The molecule has 0 aliphatic rings. The standard InChI is InChI=1S/C6H3BrF2INO/c7-3-2(5(8)9)1-11-6(12)4(3)10/h1,5H,(H,11,12). The summed E-state index contributed by atoms with van der Waals surface area (Å²) in [5.41, 5.74) is -0.564. The van der Waals surface area contributed by atoms with Gasteiger partial charge in [0.2, 0.25) is 0 Å². The summed E-state index contributed by atoms with van der Waals surface area (Å²) in [5.74, 6) is 0. The largest absolute Gasteiger partial charge is 0.328 e. The van der Waals surface area contributed by atoms with Gasteiger partial charge in [-0.2, -0.15) is 0 Å². The number of hydrogen-bond acceptors (Lipinski definition) is 1. The molecule has 0 amide bonds. The molecule has 12 heavy (non-hydrogen) atoms. The molecule has 0 unspecified atom stereocenters. The second-order valence-electron chi connectivity index (χ2n) is 2.00. The van der Waals surface area contributed by atoms with Gasteiger partial charge in [0.1, 0.15) is 0 Å². The van der Waals surface area contributed by atoms with E-state index in [4.69, 9.17) is 0 Å². The van der Waals surface area contributed by atoms with Gasteiger partial charge in [-0.25, -0.2) is 8.78 Å². The van der Waals surface area contributed by atoms with Crippen molar-refractivity contribution < 1.29 is 8.78 Å². The third kappa shape index (κ3) is 1.85. The van der Waals surface area contributed by atoms with Crippen LogP contribution in [0.1, 0.15) is 12.0 Å². The van der Waals surface area contributed by atoms with E-state index in [1.54, 1.807) is 22.6 Å². The molecule has 66 valence electrons. The van der Waals surface area contributed by atoms with Gasteiger partial charge < -0.3 is 4.98 Å². The van der Waals surface area contributed by atoms with Crippen LogP contribution < -0.4 is 5.56 Å². The molecule has 1 N–H and O–H groups in total. The predicted molar refractivity (Wildman–Crippen MR) is 52.4 cm³/mol. The van der Waals surface area contributed by atoms with Gasteiger partial charge in [0.05, 0.1) is 3.57 Å². The van der Waals surface area contributed by atoms with Gasteiger partial charge in [-0.15, -0.1) is 0 Å². The molecule has 0 saturated carbocycles. The molecule has 0 radical (unpaired) electrons. The van der Waals surface area contributed by atoms with E-state index in [1.807, 2.05) is 0 Å². The molecule has 0 atom stereocenters. The van der Waals surface area contributed by atoms with Crippen molar-refractivity contribution in [3.63, 3.8) is 0 Å². The quantitative estimate of drug-likeness (QED) is 0.777. The van der Waals surface area contributed by atoms with Crippen LogP contribution in [-0.4, -0.2) is 4.98 Å². The highest BCUT2D eigenvalue weighted by Crippen LogP contribution is 2.28. The third-order valence-electron chi connectivity index (χ3n) is 1.24. The van der Waals surface area contributed by atoms with Gasteiger partial charge in [-0.1, -0.05) is 0 Å². The van der Waals surface area contributed by atoms with Crippen LogP contribution in [0.25, 0.3) is 0 Å². The van der Waals surface area contributed by atoms with Crippen LogP contribution in [0.15, 0.2) is 15.5 Å². The first-order valence-electron chi connectivity index (χ1n) is 2.88. The van der Waals surface area contributed by atoms with E-state index in [-0.39, 0.29) is 19.2 Å². The van der Waals surface area contributed by atoms with Crippen molar-refractivity contribution in [3.05, 3.63) is 30.2 Å². The summed E-state index contributed by atoms with van der Waals surface area (Å²) in [4.78, 5) is 13.1. The highest BCUT2D eigenvalue weighted by Gasteiger charge is 2.15. The van der Waals surface area contributed by atoms with Crippen LogP contribution in [0.4, 0.5) is 8.78 Å². The number of pyridine rings is 1. The van der Waals surface area contributed by atoms with Crippen LogP contribution in [0.2, 0.25) is 0 Å². The van der Waals surface area contributed by atoms with Gasteiger partial charge in [0.25, 0.3) is 12.0 Å². The summed E-state index contributed by atoms with van der Waals surface area (Å²) in [6, 6.07) is 0. The molecule has 0 spiro atoms. The zero-order valence-corrected chi connectivity index (χ0v) is 9.32. The molecular weight excluding hydrogens is 347 g/mol. The van der Waals surface area contributed by atoms with Gasteiger partial charge >= 0.3 is 0 Å². The number of aromatic amines is 1. The van der Waals surface area contributed by atoms with Crippen molar-refractivity contribution in [3.8, 4) is 0 Å². The summed E-state index contributed by atoms with van der Waals surface area (Å²) < 4.78 is 24.8. The predicted octanol–water partition coefficient (Wildman–Crippen LogP) is 2.68. The van der Waals surface area contributed by atoms with Crippen molar-refractivity contribution in [2.75, 3.05) is 0 Å². The van der Waals surface area contributed by atoms with Crippen LogP contribution in [0, 0.1) is 3.57 Å². The highest BCUT2D eigenvalue weighted by molar-refractivity contribution is 14.1. The lowest BCUT2D eigenvalue weighted by molar-refractivity contribution is 0.150. The fraction of sp³-hybridized carbons (Fsp3) is 0.167. The first-order valence-corrected chi connectivity index (χ1v) is 4.76. The molecule has 1 aromatic heterocycles. The summed E-state index contributed by atoms with van der Waals surface area (Å²) in [6.07, 6.45) is -1.57. The molecular formula is C6H3BrF2INO. The van der Waals surface area contributed by atoms with E-state index < -0.39 is 6.43 Å². The Balaban J connectivity index is 3.36. The van der Waals surface area contributed by atoms with E-state index in [1.165, 1.54) is 0 Å². The minimum absolute atomic E-state index is 0.168. The number of H-pyrrole nitrogens is 1. The van der Waals surface area contributed by atoms with Gasteiger partial charge in [0.15, 0.2) is 0 Å². The van der Waals surface area contributed by atoms with Crippen molar-refractivity contribution in [1.29, 1.82) is 0 Å². The van der Waals surface area contributed by atoms with Crippen LogP contribution >= 0.6 is 38.5 Å². The molecule has 6 heteroatoms. The van der Waals surface area contributed by atoms with Crippen molar-refractivity contribution >= 4 is 38.5 Å². The molecule has 1 rings (SSSR count). The van der Waals surface area contributed by atoms with E-state index in [0.29, 0.717) is 0 Å². The second-order valence-corrected chi connectivity index (χ2v) is 3.87. The molecule has 0 bridgehead atoms. The van der Waals surface area contributed by atoms with Gasteiger partial charge in [-0.3, -0.25) is 4.79 Å². The molecule has 1 aromatic rings. The topological polar surface area (TPSA) is 32.9 Å². The number of halogens is 4.